The van der Waals surface area contributed by atoms with Crippen LogP contribution in [0.15, 0.2) is 0 Å². The fraction of sp³-hybridized carbons (Fsp3) is 0. The Morgan fingerprint density at radius 1 is 0.0928 bits per heavy atom. The summed E-state index contributed by atoms with van der Waals surface area (Å²) in [5.74, 6) is 0. The molecule has 0 spiro atoms. The third-order valence-electron chi connectivity index (χ3n) is 3.80. The molecule has 0 nitrogen and oxygen atoms in total. The molecule has 0 saturated heterocycles. The minimum atomic E-state index is -0.657. The average molecular weight is 12300 g/mol. The third kappa shape index (κ3) is 68.7. The molecule has 0 rings (SSSR count). The second-order valence-electron chi connectivity index (χ2n) is 7.67. The van der Waals surface area contributed by atoms with Crippen LogP contribution in [0.25, 0.3) is 0 Å². The molecule has 0 N–H and O–H groups in total. The second-order valence-corrected chi connectivity index (χ2v) is 2310. The predicted octanol–water partition coefficient (Wildman–Crippen LogP) is 82.0. The van der Waals surface area contributed by atoms with Gasteiger partial charge in [-0.3, -0.25) is 0 Å². The van der Waals surface area contributed by atoms with Crippen molar-refractivity contribution in [2.24, 2.45) is 0 Å². The summed E-state index contributed by atoms with van der Waals surface area (Å²) in [5.41, 5.74) is 0. The Balaban J connectivity index is 5.89. The zero-order valence-corrected chi connectivity index (χ0v) is 246. The van der Waals surface area contributed by atoms with Gasteiger partial charge in [-0.15, -0.1) is 0 Å². The van der Waals surface area contributed by atoms with Gasteiger partial charge >= 0.3 is 1300 Å². The van der Waals surface area contributed by atoms with E-state index >= 15 is 0 Å². The molecular formula is I97-. The van der Waals surface area contributed by atoms with Crippen molar-refractivity contribution in [1.29, 1.82) is 0 Å². The molecule has 0 aromatic heterocycles. The van der Waals surface area contributed by atoms with Gasteiger partial charge in [0.05, 0.1) is 0 Å². The fourth-order valence-electron chi connectivity index (χ4n) is 1.40. The average Bonchev–Trinajstić information content (AvgIpc) is 0.831. The summed E-state index contributed by atoms with van der Waals surface area (Å²) in [4.78, 5) is 0. The Hall–Kier alpha value is 70.8. The summed E-state index contributed by atoms with van der Waals surface area (Å²) in [7, 11) is -28.5. The Labute approximate surface area is 1220 Å². The number of hydrogen-bond donors (Lipinski definition) is 0. The van der Waals surface area contributed by atoms with Gasteiger partial charge in [0.1, 0.15) is 0 Å². The van der Waals surface area contributed by atoms with E-state index in [0.29, 0.717) is 13.3 Å². The van der Waals surface area contributed by atoms with E-state index in [0.717, 1.165) is 0 Å². The van der Waals surface area contributed by atoms with Crippen LogP contribution in [0.1, 0.15) is 0 Å². The van der Waals surface area contributed by atoms with Crippen LogP contribution in [0, 0.1) is 0 Å². The van der Waals surface area contributed by atoms with Gasteiger partial charge in [0.15, 0.2) is 0 Å². The van der Waals surface area contributed by atoms with Crippen molar-refractivity contribution in [1.82, 2.24) is 0 Å². The van der Waals surface area contributed by atoms with Crippen molar-refractivity contribution in [3.8, 4) is 0 Å². The fourth-order valence-corrected chi connectivity index (χ4v) is 19100. The van der Waals surface area contributed by atoms with E-state index in [-0.39, 0.29) is 0 Å². The van der Waals surface area contributed by atoms with Crippen molar-refractivity contribution < 1.29 is 13.3 Å². The summed E-state index contributed by atoms with van der Waals surface area (Å²) in [6, 6.07) is 0. The first-order valence-electron chi connectivity index (χ1n) is 13.7. The molecule has 0 aliphatic rings. The van der Waals surface area contributed by atoms with Crippen molar-refractivity contribution >= 4 is 1280 Å². The van der Waals surface area contributed by atoms with E-state index in [1.807, 2.05) is 0 Å². The molecule has 0 bridgehead atoms. The monoisotopic (exact) mass is 12300 g/mol. The van der Waals surface area contributed by atoms with Crippen LogP contribution in [0.5, 0.6) is 0 Å². The Morgan fingerprint density at radius 2 is 0.155 bits per heavy atom. The zero-order valence-electron chi connectivity index (χ0n) is 36.7. The maximum atomic E-state index is 3.48. The summed E-state index contributed by atoms with van der Waals surface area (Å²) >= 11 is 167. The van der Waals surface area contributed by atoms with Gasteiger partial charge in [0.2, 0.25) is 0 Å². The van der Waals surface area contributed by atoms with E-state index < -0.39 is 371 Å². The topological polar surface area (TPSA) is 0 Å². The van der Waals surface area contributed by atoms with Gasteiger partial charge in [-0.05, 0) is 0 Å². The predicted molar refractivity (Wildman–Crippen MR) is 1350 cm³/mol. The van der Waals surface area contributed by atoms with E-state index in [2.05, 4.69) is 912 Å². The van der Waals surface area contributed by atoms with Crippen molar-refractivity contribution in [2.45, 2.75) is 0 Å². The third-order valence-corrected chi connectivity index (χ3v) is 7690. The molecule has 0 saturated carbocycles. The van der Waals surface area contributed by atoms with Gasteiger partial charge in [0.25, 0.3) is 0 Å². The van der Waals surface area contributed by atoms with Crippen molar-refractivity contribution in [3.63, 3.8) is 0 Å². The van der Waals surface area contributed by atoms with Crippen LogP contribution in [0.3, 0.4) is 0 Å². The molecule has 0 atom stereocenters. The van der Waals surface area contributed by atoms with Crippen LogP contribution in [0.4, 0.5) is 0 Å². The van der Waals surface area contributed by atoms with Crippen molar-refractivity contribution in [3.05, 3.63) is 0 Å². The first-order valence-corrected chi connectivity index (χ1v) is 617. The normalized spacial score (nSPS) is 19.1. The molecule has 97 heteroatoms. The maximum absolute atomic E-state index is 3.48. The first-order chi connectivity index (χ1) is 44.2. The Morgan fingerprint density at radius 3 is 0.216 bits per heavy atom. The summed E-state index contributed by atoms with van der Waals surface area (Å²) < 4.78 is 0. The van der Waals surface area contributed by atoms with Gasteiger partial charge in [-0.1, -0.05) is 0 Å². The van der Waals surface area contributed by atoms with Crippen LogP contribution < -0.4 is 13.3 Å². The van der Waals surface area contributed by atoms with Gasteiger partial charge in [-0.2, -0.15) is 0 Å². The van der Waals surface area contributed by atoms with Crippen LogP contribution in [-0.4, -0.2) is 0 Å². The van der Waals surface area contributed by atoms with Crippen LogP contribution >= 0.6 is 1280 Å². The molecule has 0 aromatic carbocycles. The second kappa shape index (κ2) is 101. The summed E-state index contributed by atoms with van der Waals surface area (Å²) in [6.45, 7) is 0. The molecular weight excluding hydrogens is 12300 g/mol. The molecule has 97 heavy (non-hydrogen) atoms. The van der Waals surface area contributed by atoms with Crippen LogP contribution in [0.2, 0.25) is 0 Å². The van der Waals surface area contributed by atoms with Gasteiger partial charge in [0, 0.05) is 0 Å². The Kier molecular flexibility index (Phi) is 175. The molecule has 0 unspecified atom stereocenters. The molecule has 0 aliphatic carbocycles. The number of hydrogen-bond acceptors (Lipinski definition) is 0. The van der Waals surface area contributed by atoms with Gasteiger partial charge < -0.3 is 0 Å². The standard InChI is InChI=1S/I97/c1-50-52(4)54(6)56(8)58(10)60(12)62(14)64(16)66(18)68(20)70(22)72(24)74(26)76(28)78(30)80(32)82(34)84(36)86(38)88(40)90(42)92(44)94(46)96(48)97(49)95(47)93(45)91(43)89(41)87(39)85(37)83(35)81(33)79(31)77(29)75(27)73(25)71(23)69(21)67(19)65(17)63(15)61(13)59(11)57(9)55(7)53(5)51(2)3/q-1. The van der Waals surface area contributed by atoms with E-state index in [1.165, 1.54) is 0 Å². The van der Waals surface area contributed by atoms with Gasteiger partial charge in [-0.25, -0.2) is 0 Å². The zero-order chi connectivity index (χ0) is 76.8. The summed E-state index contributed by atoms with van der Waals surface area (Å²) in [6.07, 6.45) is 0. The molecule has 0 amide bonds. The van der Waals surface area contributed by atoms with E-state index in [4.69, 9.17) is 0 Å². The van der Waals surface area contributed by atoms with Crippen LogP contribution in [-0.2, 0) is 0 Å². The minimum absolute atomic E-state index is 0.422. The van der Waals surface area contributed by atoms with E-state index in [9.17, 15) is 0 Å². The molecule has 680 valence electrons. The summed E-state index contributed by atoms with van der Waals surface area (Å²) in [5, 5.41) is 0. The first kappa shape index (κ1) is 168. The Bertz CT molecular complexity index is 2030. The molecule has 0 aliphatic heterocycles. The molecule has 0 fully saturated rings. The molecule has 0 heterocycles. The quantitative estimate of drug-likeness (QED) is 0.0533. The van der Waals surface area contributed by atoms with E-state index in [1.54, 1.807) is 0 Å². The molecule has 0 radical (unpaired) electrons. The molecule has 0 aromatic rings. The number of rotatable bonds is 47. The number of halogens is 97. The SMILES string of the molecule is I[I-]I(I)I(I)I(I)I(I)I(I)I(I)I(I)I(I)I(I)I(I)I(I)I(I)I(I)I(I)I(I)I(I)I(I)I(I)I(I)I(I)I(I)I(I)I(I)I(I)I(I)I(I)I(I)I(I)I(I)I(I)I(I)I(I)I(I)I(I)I(I)I(I)I(I)I(I)I(I)I(I)I(I)I(I)I(I)I(I)I(I)I(I)I(I)I. The van der Waals surface area contributed by atoms with Crippen molar-refractivity contribution in [2.75, 3.05) is 0 Å².